The van der Waals surface area contributed by atoms with Crippen molar-refractivity contribution >= 4 is 11.7 Å². The first-order valence-corrected chi connectivity index (χ1v) is 6.30. The lowest BCUT2D eigenvalue weighted by Gasteiger charge is -2.04. The minimum absolute atomic E-state index is 0.349. The zero-order valence-electron chi connectivity index (χ0n) is 10.8. The molecular formula is C15H13N4O. The number of nitrogens with zero attached hydrogens (tertiary/aromatic N) is 4. The van der Waals surface area contributed by atoms with Crippen LogP contribution in [0, 0.1) is 0 Å². The van der Waals surface area contributed by atoms with Crippen LogP contribution >= 0.6 is 0 Å². The molecule has 1 aliphatic heterocycles. The van der Waals surface area contributed by atoms with Gasteiger partial charge in [0.15, 0.2) is 11.7 Å². The van der Waals surface area contributed by atoms with E-state index in [4.69, 9.17) is 4.74 Å². The maximum Gasteiger partial charge on any atom is 0.185 e. The smallest absolute Gasteiger partial charge is 0.185 e. The molecule has 0 saturated carbocycles. The van der Waals surface area contributed by atoms with Crippen molar-refractivity contribution in [3.05, 3.63) is 66.0 Å². The molecule has 20 heavy (non-hydrogen) atoms. The van der Waals surface area contributed by atoms with Gasteiger partial charge in [0.25, 0.3) is 0 Å². The molecule has 1 aromatic carbocycles. The first-order valence-electron chi connectivity index (χ1n) is 6.30. The van der Waals surface area contributed by atoms with Crippen LogP contribution in [0.15, 0.2) is 65.1 Å². The molecule has 1 aliphatic rings. The minimum Gasteiger partial charge on any atom is -0.369 e. The molecule has 0 fully saturated rings. The Bertz CT molecular complexity index is 623. The van der Waals surface area contributed by atoms with E-state index in [2.05, 4.69) is 20.5 Å². The van der Waals surface area contributed by atoms with E-state index in [0.717, 1.165) is 11.1 Å². The quantitative estimate of drug-likeness (QED) is 0.829. The zero-order valence-corrected chi connectivity index (χ0v) is 10.8. The molecule has 3 rings (SSSR count). The highest BCUT2D eigenvalue weighted by molar-refractivity contribution is 6.11. The van der Waals surface area contributed by atoms with Gasteiger partial charge in [-0.3, -0.25) is 4.98 Å². The third-order valence-electron chi connectivity index (χ3n) is 2.76. The fourth-order valence-electron chi connectivity index (χ4n) is 1.78. The van der Waals surface area contributed by atoms with Crippen molar-refractivity contribution in [2.45, 2.75) is 6.61 Å². The summed E-state index contributed by atoms with van der Waals surface area (Å²) in [5.74, 6) is 1.16. The largest absolute Gasteiger partial charge is 0.369 e. The summed E-state index contributed by atoms with van der Waals surface area (Å²) < 4.78 is 5.57. The minimum atomic E-state index is 0.349. The van der Waals surface area contributed by atoms with Gasteiger partial charge in [0.2, 0.25) is 0 Å². The van der Waals surface area contributed by atoms with Crippen molar-refractivity contribution in [3.63, 3.8) is 0 Å². The Morgan fingerprint density at radius 3 is 2.60 bits per heavy atom. The molecule has 1 radical (unpaired) electrons. The summed E-state index contributed by atoms with van der Waals surface area (Å²) in [5, 5.41) is 12.4. The molecule has 0 unspecified atom stereocenters. The third-order valence-corrected chi connectivity index (χ3v) is 2.76. The van der Waals surface area contributed by atoms with Gasteiger partial charge in [0.05, 0.1) is 6.61 Å². The first-order chi connectivity index (χ1) is 9.92. The molecule has 99 valence electrons. The predicted octanol–water partition coefficient (Wildman–Crippen LogP) is 1.98. The standard InChI is InChI=1S/C15H13N4O/c1-2-5-12(6-3-1)10-20-11-14-17-15(19-18-14)13-7-4-8-16-9-13/h1-9H,10-11H2. The fourth-order valence-corrected chi connectivity index (χ4v) is 1.78. The van der Waals surface area contributed by atoms with Gasteiger partial charge >= 0.3 is 0 Å². The number of pyridine rings is 1. The van der Waals surface area contributed by atoms with E-state index in [-0.39, 0.29) is 0 Å². The van der Waals surface area contributed by atoms with Gasteiger partial charge in [0, 0.05) is 18.0 Å². The number of hydrogen-bond acceptors (Lipinski definition) is 4. The highest BCUT2D eigenvalue weighted by Crippen LogP contribution is 2.05. The molecule has 0 atom stereocenters. The summed E-state index contributed by atoms with van der Waals surface area (Å²) >= 11 is 0. The molecule has 0 spiro atoms. The third kappa shape index (κ3) is 3.07. The topological polar surface area (TPSA) is 60.9 Å². The summed E-state index contributed by atoms with van der Waals surface area (Å²) in [7, 11) is 0. The molecule has 5 nitrogen and oxygen atoms in total. The van der Waals surface area contributed by atoms with Crippen LogP contribution in [0.25, 0.3) is 0 Å². The highest BCUT2D eigenvalue weighted by atomic mass is 16.5. The van der Waals surface area contributed by atoms with Crippen LogP contribution in [-0.4, -0.2) is 23.3 Å². The number of amidine groups is 2. The maximum absolute atomic E-state index is 5.57. The van der Waals surface area contributed by atoms with Gasteiger partial charge < -0.3 is 4.74 Å². The van der Waals surface area contributed by atoms with E-state index < -0.39 is 0 Å². The monoisotopic (exact) mass is 265 g/mol. The van der Waals surface area contributed by atoms with Crippen LogP contribution in [0.3, 0.4) is 0 Å². The van der Waals surface area contributed by atoms with Crippen LogP contribution in [-0.2, 0) is 11.3 Å². The van der Waals surface area contributed by atoms with Crippen LogP contribution in [0.2, 0.25) is 0 Å². The number of rotatable bonds is 5. The Morgan fingerprint density at radius 1 is 0.900 bits per heavy atom. The van der Waals surface area contributed by atoms with E-state index in [1.807, 2.05) is 42.5 Å². The molecule has 5 heteroatoms. The SMILES string of the molecule is c1ccc(COCC2=NN=C(c3cccnc3)[N]2)cc1. The molecule has 0 bridgehead atoms. The van der Waals surface area contributed by atoms with Gasteiger partial charge in [-0.2, -0.15) is 0 Å². The van der Waals surface area contributed by atoms with E-state index in [1.165, 1.54) is 0 Å². The summed E-state index contributed by atoms with van der Waals surface area (Å²) in [6.07, 6.45) is 3.43. The molecule has 2 heterocycles. The van der Waals surface area contributed by atoms with Crippen molar-refractivity contribution in [2.75, 3.05) is 6.61 Å². The molecule has 1 aromatic heterocycles. The fraction of sp³-hybridized carbons (Fsp3) is 0.133. The second-order valence-corrected chi connectivity index (χ2v) is 4.27. The highest BCUT2D eigenvalue weighted by Gasteiger charge is 2.15. The molecule has 0 saturated heterocycles. The van der Waals surface area contributed by atoms with Crippen molar-refractivity contribution in [2.24, 2.45) is 10.2 Å². The Kier molecular flexibility index (Phi) is 3.80. The molecule has 0 amide bonds. The molecule has 0 N–H and O–H groups in total. The average molecular weight is 265 g/mol. The van der Waals surface area contributed by atoms with Crippen LogP contribution in [0.4, 0.5) is 0 Å². The first kappa shape index (κ1) is 12.5. The van der Waals surface area contributed by atoms with Crippen molar-refractivity contribution in [1.29, 1.82) is 0 Å². The second-order valence-electron chi connectivity index (χ2n) is 4.27. The van der Waals surface area contributed by atoms with Gasteiger partial charge in [-0.15, -0.1) is 10.2 Å². The van der Waals surface area contributed by atoms with Gasteiger partial charge in [-0.05, 0) is 17.7 Å². The second kappa shape index (κ2) is 6.08. The number of ether oxygens (including phenoxy) is 1. The van der Waals surface area contributed by atoms with E-state index >= 15 is 0 Å². The van der Waals surface area contributed by atoms with E-state index in [0.29, 0.717) is 24.9 Å². The number of hydrogen-bond donors (Lipinski definition) is 0. The van der Waals surface area contributed by atoms with Crippen molar-refractivity contribution < 1.29 is 4.74 Å². The van der Waals surface area contributed by atoms with Crippen molar-refractivity contribution in [1.82, 2.24) is 10.3 Å². The van der Waals surface area contributed by atoms with Gasteiger partial charge in [-0.25, -0.2) is 5.32 Å². The normalized spacial score (nSPS) is 13.6. The Balaban J connectivity index is 1.48. The lowest BCUT2D eigenvalue weighted by Crippen LogP contribution is -2.23. The molecule has 0 aliphatic carbocycles. The zero-order chi connectivity index (χ0) is 13.6. The van der Waals surface area contributed by atoms with E-state index in [1.54, 1.807) is 12.4 Å². The van der Waals surface area contributed by atoms with Crippen LogP contribution in [0.5, 0.6) is 0 Å². The van der Waals surface area contributed by atoms with Crippen molar-refractivity contribution in [3.8, 4) is 0 Å². The predicted molar refractivity (Wildman–Crippen MR) is 76.4 cm³/mol. The van der Waals surface area contributed by atoms with Gasteiger partial charge in [0.1, 0.15) is 6.61 Å². The summed E-state index contributed by atoms with van der Waals surface area (Å²) in [4.78, 5) is 4.03. The Labute approximate surface area is 117 Å². The lowest BCUT2D eigenvalue weighted by molar-refractivity contribution is 0.157. The Hall–Kier alpha value is -2.53. The summed E-state index contributed by atoms with van der Waals surface area (Å²) in [6.45, 7) is 0.889. The summed E-state index contributed by atoms with van der Waals surface area (Å²) in [5.41, 5.74) is 1.98. The number of benzene rings is 1. The maximum atomic E-state index is 5.57. The van der Waals surface area contributed by atoms with Gasteiger partial charge in [-0.1, -0.05) is 30.3 Å². The Morgan fingerprint density at radius 2 is 1.80 bits per heavy atom. The van der Waals surface area contributed by atoms with Crippen LogP contribution in [0.1, 0.15) is 11.1 Å². The van der Waals surface area contributed by atoms with Crippen LogP contribution < -0.4 is 5.32 Å². The summed E-state index contributed by atoms with van der Waals surface area (Å²) in [6, 6.07) is 13.7. The number of aromatic nitrogens is 1. The lowest BCUT2D eigenvalue weighted by atomic mass is 10.2. The molecular weight excluding hydrogens is 252 g/mol. The molecule has 2 aromatic rings. The average Bonchev–Trinajstić information content (AvgIpc) is 2.98. The van der Waals surface area contributed by atoms with E-state index in [9.17, 15) is 0 Å².